The van der Waals surface area contributed by atoms with Gasteiger partial charge < -0.3 is 10.2 Å². The van der Waals surface area contributed by atoms with Crippen molar-refractivity contribution < 1.29 is 19.8 Å². The van der Waals surface area contributed by atoms with Gasteiger partial charge in [-0.3, -0.25) is 0 Å². The molecule has 0 aliphatic rings. The normalized spacial score (nSPS) is 10.1. The molecule has 0 bridgehead atoms. The van der Waals surface area contributed by atoms with E-state index < -0.39 is 11.9 Å². The molecule has 1 heterocycles. The summed E-state index contributed by atoms with van der Waals surface area (Å²) >= 11 is 1.02. The molecule has 0 amide bonds. The van der Waals surface area contributed by atoms with Gasteiger partial charge in [0.1, 0.15) is 4.88 Å². The lowest BCUT2D eigenvalue weighted by Gasteiger charge is -2.02. The van der Waals surface area contributed by atoms with Crippen LogP contribution in [-0.2, 0) is 0 Å². The van der Waals surface area contributed by atoms with Crippen LogP contribution in [0.4, 0.5) is 0 Å². The van der Waals surface area contributed by atoms with Gasteiger partial charge in [-0.1, -0.05) is 18.2 Å². The van der Waals surface area contributed by atoms with Crippen LogP contribution in [0, 0.1) is 6.07 Å². The number of thiophene rings is 1. The van der Waals surface area contributed by atoms with E-state index in [4.69, 9.17) is 10.2 Å². The van der Waals surface area contributed by atoms with E-state index in [1.807, 2.05) is 0 Å². The highest BCUT2D eigenvalue weighted by atomic mass is 32.1. The lowest BCUT2D eigenvalue weighted by atomic mass is 10.0. The largest absolute Gasteiger partial charge is 0.478 e. The number of carbonyl (C=O) groups is 2. The second-order valence-corrected chi connectivity index (χ2v) is 4.14. The third-order valence-corrected chi connectivity index (χ3v) is 3.05. The Hall–Kier alpha value is -2.14. The molecule has 0 atom stereocenters. The Balaban J connectivity index is 2.52. The summed E-state index contributed by atoms with van der Waals surface area (Å²) in [4.78, 5) is 21.8. The zero-order chi connectivity index (χ0) is 12.4. The number of aromatic carboxylic acids is 2. The Bertz CT molecular complexity index is 586. The summed E-state index contributed by atoms with van der Waals surface area (Å²) in [5, 5.41) is 19.4. The highest BCUT2D eigenvalue weighted by Gasteiger charge is 2.14. The first-order chi connectivity index (χ1) is 8.09. The fourth-order valence-corrected chi connectivity index (χ4v) is 2.13. The summed E-state index contributed by atoms with van der Waals surface area (Å²) in [6, 6.07) is 9.11. The first-order valence-electron chi connectivity index (χ1n) is 4.66. The Labute approximate surface area is 101 Å². The summed E-state index contributed by atoms with van der Waals surface area (Å²) < 4.78 is 0. The molecule has 0 unspecified atom stereocenters. The quantitative estimate of drug-likeness (QED) is 0.874. The summed E-state index contributed by atoms with van der Waals surface area (Å²) in [5.41, 5.74) is 1.10. The molecule has 0 saturated heterocycles. The van der Waals surface area contributed by atoms with E-state index in [0.717, 1.165) is 11.3 Å². The van der Waals surface area contributed by atoms with Crippen molar-refractivity contribution in [2.24, 2.45) is 0 Å². The predicted octanol–water partition coefficient (Wildman–Crippen LogP) is 2.61. The van der Waals surface area contributed by atoms with Crippen molar-refractivity contribution in [2.45, 2.75) is 0 Å². The molecule has 1 aromatic heterocycles. The van der Waals surface area contributed by atoms with Gasteiger partial charge in [0.25, 0.3) is 0 Å². The van der Waals surface area contributed by atoms with Crippen molar-refractivity contribution in [3.8, 4) is 11.1 Å². The molecule has 0 saturated carbocycles. The lowest BCUT2D eigenvalue weighted by Crippen LogP contribution is -1.98. The molecule has 0 fully saturated rings. The summed E-state index contributed by atoms with van der Waals surface area (Å²) in [6.07, 6.45) is 0. The minimum atomic E-state index is -1.06. The summed E-state index contributed by atoms with van der Waals surface area (Å²) in [7, 11) is 0. The molecule has 2 N–H and O–H groups in total. The average molecular weight is 247 g/mol. The molecule has 85 valence electrons. The molecule has 0 aliphatic carbocycles. The summed E-state index contributed by atoms with van der Waals surface area (Å²) in [5.74, 6) is -2.11. The standard InChI is InChI=1S/C12H7O4S/c13-11(14)9-4-2-1-3-8(9)7-5-10(12(15)16)17-6-7/h1-4,6H,(H,13,14)(H,15,16). The van der Waals surface area contributed by atoms with Crippen molar-refractivity contribution >= 4 is 23.3 Å². The van der Waals surface area contributed by atoms with Crippen molar-refractivity contribution in [1.82, 2.24) is 0 Å². The first kappa shape index (κ1) is 11.3. The SMILES string of the molecule is O=C(O)c1[c]c(-c2ccccc2C(=O)O)cs1. The zero-order valence-electron chi connectivity index (χ0n) is 8.51. The molecule has 17 heavy (non-hydrogen) atoms. The first-order valence-corrected chi connectivity index (χ1v) is 5.54. The zero-order valence-corrected chi connectivity index (χ0v) is 9.32. The fraction of sp³-hybridized carbons (Fsp3) is 0. The summed E-state index contributed by atoms with van der Waals surface area (Å²) in [6.45, 7) is 0. The van der Waals surface area contributed by atoms with Crippen molar-refractivity contribution in [2.75, 3.05) is 0 Å². The number of benzene rings is 1. The van der Waals surface area contributed by atoms with Crippen LogP contribution in [0.15, 0.2) is 29.6 Å². The Morgan fingerprint density at radius 1 is 1.12 bits per heavy atom. The Kier molecular flexibility index (Phi) is 2.93. The van der Waals surface area contributed by atoms with E-state index >= 15 is 0 Å². The topological polar surface area (TPSA) is 74.6 Å². The van der Waals surface area contributed by atoms with Crippen LogP contribution in [0.3, 0.4) is 0 Å². The van der Waals surface area contributed by atoms with Crippen LogP contribution in [0.25, 0.3) is 11.1 Å². The van der Waals surface area contributed by atoms with Crippen LogP contribution < -0.4 is 0 Å². The van der Waals surface area contributed by atoms with E-state index in [1.54, 1.807) is 23.6 Å². The van der Waals surface area contributed by atoms with Crippen LogP contribution in [0.5, 0.6) is 0 Å². The second kappa shape index (κ2) is 4.39. The predicted molar refractivity (Wildman–Crippen MR) is 62.5 cm³/mol. The van der Waals surface area contributed by atoms with Crippen molar-refractivity contribution in [3.05, 3.63) is 46.2 Å². The van der Waals surface area contributed by atoms with Gasteiger partial charge in [0.05, 0.1) is 5.56 Å². The van der Waals surface area contributed by atoms with E-state index in [1.165, 1.54) is 6.07 Å². The monoisotopic (exact) mass is 247 g/mol. The maximum atomic E-state index is 11.0. The van der Waals surface area contributed by atoms with Gasteiger partial charge in [0.2, 0.25) is 0 Å². The number of carboxylic acids is 2. The number of rotatable bonds is 3. The lowest BCUT2D eigenvalue weighted by molar-refractivity contribution is 0.0689. The maximum Gasteiger partial charge on any atom is 0.346 e. The molecule has 4 nitrogen and oxygen atoms in total. The number of carboxylic acid groups (broad SMARTS) is 2. The van der Waals surface area contributed by atoms with Gasteiger partial charge in [-0.15, -0.1) is 11.3 Å². The Morgan fingerprint density at radius 3 is 2.41 bits per heavy atom. The molecule has 1 aromatic carbocycles. The average Bonchev–Trinajstić information content (AvgIpc) is 2.78. The van der Waals surface area contributed by atoms with Crippen LogP contribution in [0.2, 0.25) is 0 Å². The number of hydrogen-bond acceptors (Lipinski definition) is 3. The highest BCUT2D eigenvalue weighted by molar-refractivity contribution is 7.12. The van der Waals surface area contributed by atoms with E-state index in [2.05, 4.69) is 6.07 Å². The van der Waals surface area contributed by atoms with Gasteiger partial charge in [-0.25, -0.2) is 9.59 Å². The third kappa shape index (κ3) is 2.19. The van der Waals surface area contributed by atoms with Gasteiger partial charge in [-0.2, -0.15) is 0 Å². The molecular formula is C12H7O4S. The van der Waals surface area contributed by atoms with Crippen molar-refractivity contribution in [1.29, 1.82) is 0 Å². The molecule has 1 radical (unpaired) electrons. The molecule has 0 aliphatic heterocycles. The molecule has 0 spiro atoms. The van der Waals surface area contributed by atoms with Gasteiger partial charge in [-0.05, 0) is 11.6 Å². The molecule has 2 aromatic rings. The van der Waals surface area contributed by atoms with E-state index in [0.29, 0.717) is 11.1 Å². The van der Waals surface area contributed by atoms with E-state index in [-0.39, 0.29) is 10.4 Å². The highest BCUT2D eigenvalue weighted by Crippen LogP contribution is 2.27. The maximum absolute atomic E-state index is 11.0. The van der Waals surface area contributed by atoms with Crippen molar-refractivity contribution in [3.63, 3.8) is 0 Å². The minimum absolute atomic E-state index is 0.0696. The van der Waals surface area contributed by atoms with Gasteiger partial charge in [0, 0.05) is 17.0 Å². The second-order valence-electron chi connectivity index (χ2n) is 3.26. The minimum Gasteiger partial charge on any atom is -0.478 e. The van der Waals surface area contributed by atoms with Gasteiger partial charge in [0.15, 0.2) is 0 Å². The Morgan fingerprint density at radius 2 is 1.82 bits per heavy atom. The van der Waals surface area contributed by atoms with Crippen LogP contribution in [-0.4, -0.2) is 22.2 Å². The number of hydrogen-bond donors (Lipinski definition) is 2. The van der Waals surface area contributed by atoms with E-state index in [9.17, 15) is 9.59 Å². The van der Waals surface area contributed by atoms with Crippen LogP contribution >= 0.6 is 11.3 Å². The van der Waals surface area contributed by atoms with Gasteiger partial charge >= 0.3 is 11.9 Å². The fourth-order valence-electron chi connectivity index (χ4n) is 1.44. The molecule has 2 rings (SSSR count). The smallest absolute Gasteiger partial charge is 0.346 e. The third-order valence-electron chi connectivity index (χ3n) is 2.18. The van der Waals surface area contributed by atoms with Crippen LogP contribution in [0.1, 0.15) is 20.0 Å². The molecular weight excluding hydrogens is 240 g/mol. The molecule has 5 heteroatoms.